The van der Waals surface area contributed by atoms with E-state index in [-0.39, 0.29) is 5.78 Å². The average molecular weight is 206 g/mol. The first-order chi connectivity index (χ1) is 7.13. The van der Waals surface area contributed by atoms with Crippen molar-refractivity contribution in [3.63, 3.8) is 0 Å². The van der Waals surface area contributed by atoms with Crippen LogP contribution in [0.5, 0.6) is 5.75 Å². The van der Waals surface area contributed by atoms with Gasteiger partial charge in [0.05, 0.1) is 18.2 Å². The van der Waals surface area contributed by atoms with E-state index < -0.39 is 12.1 Å². The second-order valence-corrected chi connectivity index (χ2v) is 3.33. The van der Waals surface area contributed by atoms with E-state index in [2.05, 4.69) is 4.74 Å². The standard InChI is InChI=1S/C11H10O4/c1-6-10(12)8-5-7(11(13)14-2)3-4-9(8)15-6/h3-6H,1-2H3. The number of ketones is 1. The van der Waals surface area contributed by atoms with Crippen LogP contribution in [0.3, 0.4) is 0 Å². The molecule has 1 aromatic carbocycles. The highest BCUT2D eigenvalue weighted by atomic mass is 16.5. The molecule has 0 radical (unpaired) electrons. The van der Waals surface area contributed by atoms with Crippen molar-refractivity contribution in [2.45, 2.75) is 13.0 Å². The Labute approximate surface area is 86.8 Å². The first kappa shape index (κ1) is 9.71. The molecule has 0 aliphatic carbocycles. The smallest absolute Gasteiger partial charge is 0.337 e. The quantitative estimate of drug-likeness (QED) is 0.652. The zero-order valence-electron chi connectivity index (χ0n) is 8.44. The number of esters is 1. The Balaban J connectivity index is 2.44. The van der Waals surface area contributed by atoms with Crippen LogP contribution in [0.15, 0.2) is 18.2 Å². The molecule has 0 aromatic heterocycles. The van der Waals surface area contributed by atoms with E-state index in [0.29, 0.717) is 16.9 Å². The second-order valence-electron chi connectivity index (χ2n) is 3.33. The molecule has 1 aromatic rings. The predicted octanol–water partition coefficient (Wildman–Crippen LogP) is 1.44. The predicted molar refractivity (Wildman–Crippen MR) is 52.2 cm³/mol. The summed E-state index contributed by atoms with van der Waals surface area (Å²) in [6, 6.07) is 4.70. The number of carbonyl (C=O) groups is 2. The van der Waals surface area contributed by atoms with Gasteiger partial charge in [0.2, 0.25) is 5.78 Å². The Hall–Kier alpha value is -1.84. The van der Waals surface area contributed by atoms with E-state index in [1.807, 2.05) is 0 Å². The van der Waals surface area contributed by atoms with Gasteiger partial charge in [-0.05, 0) is 25.1 Å². The van der Waals surface area contributed by atoms with Gasteiger partial charge in [-0.25, -0.2) is 4.79 Å². The van der Waals surface area contributed by atoms with E-state index in [4.69, 9.17) is 4.74 Å². The number of fused-ring (bicyclic) bond motifs is 1. The maximum atomic E-state index is 11.6. The average Bonchev–Trinajstić information content (AvgIpc) is 2.54. The van der Waals surface area contributed by atoms with Gasteiger partial charge < -0.3 is 9.47 Å². The largest absolute Gasteiger partial charge is 0.482 e. The number of benzene rings is 1. The van der Waals surface area contributed by atoms with Gasteiger partial charge in [-0.1, -0.05) is 0 Å². The zero-order chi connectivity index (χ0) is 11.0. The molecular weight excluding hydrogens is 196 g/mol. The Morgan fingerprint density at radius 1 is 1.47 bits per heavy atom. The van der Waals surface area contributed by atoms with Crippen molar-refractivity contribution in [1.82, 2.24) is 0 Å². The Morgan fingerprint density at radius 2 is 2.20 bits per heavy atom. The zero-order valence-corrected chi connectivity index (χ0v) is 8.44. The maximum Gasteiger partial charge on any atom is 0.337 e. The lowest BCUT2D eigenvalue weighted by atomic mass is 10.1. The molecule has 78 valence electrons. The molecule has 1 heterocycles. The molecule has 15 heavy (non-hydrogen) atoms. The summed E-state index contributed by atoms with van der Waals surface area (Å²) in [5.41, 5.74) is 0.813. The molecular formula is C11H10O4. The number of Topliss-reactive ketones (excluding diaryl/α,β-unsaturated/α-hetero) is 1. The third-order valence-corrected chi connectivity index (χ3v) is 2.34. The summed E-state index contributed by atoms with van der Waals surface area (Å²) in [6.45, 7) is 1.68. The van der Waals surface area contributed by atoms with E-state index in [1.165, 1.54) is 13.2 Å². The third-order valence-electron chi connectivity index (χ3n) is 2.34. The fraction of sp³-hybridized carbons (Fsp3) is 0.273. The lowest BCUT2D eigenvalue weighted by molar-refractivity contribution is 0.0600. The molecule has 1 aliphatic rings. The summed E-state index contributed by atoms with van der Waals surface area (Å²) in [5.74, 6) is -0.0268. The van der Waals surface area contributed by atoms with Gasteiger partial charge in [0, 0.05) is 0 Å². The minimum atomic E-state index is -0.465. The fourth-order valence-corrected chi connectivity index (χ4v) is 1.53. The van der Waals surface area contributed by atoms with Crippen molar-refractivity contribution < 1.29 is 19.1 Å². The lowest BCUT2D eigenvalue weighted by Gasteiger charge is -2.01. The van der Waals surface area contributed by atoms with Crippen LogP contribution in [0.25, 0.3) is 0 Å². The second kappa shape index (κ2) is 3.38. The molecule has 2 rings (SSSR count). The monoisotopic (exact) mass is 206 g/mol. The third kappa shape index (κ3) is 1.48. The van der Waals surface area contributed by atoms with Crippen molar-refractivity contribution in [1.29, 1.82) is 0 Å². The number of hydrogen-bond acceptors (Lipinski definition) is 4. The SMILES string of the molecule is COC(=O)c1ccc2c(c1)C(=O)C(C)O2. The van der Waals surface area contributed by atoms with Gasteiger partial charge in [0.1, 0.15) is 5.75 Å². The highest BCUT2D eigenvalue weighted by Crippen LogP contribution is 2.29. The molecule has 0 saturated carbocycles. The van der Waals surface area contributed by atoms with Crippen LogP contribution in [-0.2, 0) is 4.74 Å². The molecule has 1 unspecified atom stereocenters. The minimum absolute atomic E-state index is 0.101. The van der Waals surface area contributed by atoms with Gasteiger partial charge in [-0.15, -0.1) is 0 Å². The molecule has 4 nitrogen and oxygen atoms in total. The van der Waals surface area contributed by atoms with Crippen molar-refractivity contribution in [3.8, 4) is 5.75 Å². The van der Waals surface area contributed by atoms with Crippen LogP contribution in [0, 0.1) is 0 Å². The Kier molecular flexibility index (Phi) is 2.19. The molecule has 0 saturated heterocycles. The number of rotatable bonds is 1. The number of ether oxygens (including phenoxy) is 2. The Morgan fingerprint density at radius 3 is 2.87 bits per heavy atom. The van der Waals surface area contributed by atoms with E-state index in [1.54, 1.807) is 19.1 Å². The first-order valence-corrected chi connectivity index (χ1v) is 4.56. The fourth-order valence-electron chi connectivity index (χ4n) is 1.53. The van der Waals surface area contributed by atoms with Crippen molar-refractivity contribution >= 4 is 11.8 Å². The molecule has 0 amide bonds. The highest BCUT2D eigenvalue weighted by Gasteiger charge is 2.29. The van der Waals surface area contributed by atoms with Crippen LogP contribution in [0.4, 0.5) is 0 Å². The Bertz CT molecular complexity index is 436. The minimum Gasteiger partial charge on any atom is -0.482 e. The topological polar surface area (TPSA) is 52.6 Å². The highest BCUT2D eigenvalue weighted by molar-refractivity contribution is 6.06. The number of methoxy groups -OCH3 is 1. The summed E-state index contributed by atoms with van der Waals surface area (Å²) in [6.07, 6.45) is -0.465. The van der Waals surface area contributed by atoms with Gasteiger partial charge in [-0.3, -0.25) is 4.79 Å². The van der Waals surface area contributed by atoms with Gasteiger partial charge in [0.25, 0.3) is 0 Å². The molecule has 0 bridgehead atoms. The molecule has 1 aliphatic heterocycles. The van der Waals surface area contributed by atoms with E-state index in [9.17, 15) is 9.59 Å². The normalized spacial score (nSPS) is 18.3. The van der Waals surface area contributed by atoms with E-state index >= 15 is 0 Å². The number of hydrogen-bond donors (Lipinski definition) is 0. The van der Waals surface area contributed by atoms with Crippen LogP contribution in [0.1, 0.15) is 27.6 Å². The van der Waals surface area contributed by atoms with Gasteiger partial charge in [0.15, 0.2) is 6.10 Å². The van der Waals surface area contributed by atoms with Crippen LogP contribution < -0.4 is 4.74 Å². The summed E-state index contributed by atoms with van der Waals surface area (Å²) in [4.78, 5) is 22.8. The summed E-state index contributed by atoms with van der Waals surface area (Å²) < 4.78 is 9.85. The summed E-state index contributed by atoms with van der Waals surface area (Å²) >= 11 is 0. The molecule has 0 N–H and O–H groups in total. The first-order valence-electron chi connectivity index (χ1n) is 4.56. The van der Waals surface area contributed by atoms with Crippen molar-refractivity contribution in [3.05, 3.63) is 29.3 Å². The van der Waals surface area contributed by atoms with Gasteiger partial charge in [-0.2, -0.15) is 0 Å². The molecule has 4 heteroatoms. The van der Waals surface area contributed by atoms with E-state index in [0.717, 1.165) is 0 Å². The van der Waals surface area contributed by atoms with Crippen LogP contribution in [0.2, 0.25) is 0 Å². The molecule has 0 fully saturated rings. The summed E-state index contributed by atoms with van der Waals surface area (Å²) in [5, 5.41) is 0. The lowest BCUT2D eigenvalue weighted by Crippen LogP contribution is -2.14. The molecule has 0 spiro atoms. The summed E-state index contributed by atoms with van der Waals surface area (Å²) in [7, 11) is 1.30. The van der Waals surface area contributed by atoms with Crippen LogP contribution in [-0.4, -0.2) is 25.0 Å². The van der Waals surface area contributed by atoms with Crippen LogP contribution >= 0.6 is 0 Å². The van der Waals surface area contributed by atoms with Gasteiger partial charge >= 0.3 is 5.97 Å². The van der Waals surface area contributed by atoms with Crippen molar-refractivity contribution in [2.24, 2.45) is 0 Å². The maximum absolute atomic E-state index is 11.6. The molecule has 1 atom stereocenters. The van der Waals surface area contributed by atoms with Crippen molar-refractivity contribution in [2.75, 3.05) is 7.11 Å². The number of carbonyl (C=O) groups excluding carboxylic acids is 2.